The van der Waals surface area contributed by atoms with E-state index < -0.39 is 0 Å². The first-order chi connectivity index (χ1) is 7.15. The summed E-state index contributed by atoms with van der Waals surface area (Å²) >= 11 is 0. The molecule has 15 heavy (non-hydrogen) atoms. The summed E-state index contributed by atoms with van der Waals surface area (Å²) < 4.78 is 0. The van der Waals surface area contributed by atoms with Crippen LogP contribution in [0.3, 0.4) is 0 Å². The van der Waals surface area contributed by atoms with Crippen molar-refractivity contribution in [1.29, 1.82) is 0 Å². The van der Waals surface area contributed by atoms with E-state index in [9.17, 15) is 4.79 Å². The normalized spacial score (nSPS) is 11.9. The number of rotatable bonds is 3. The van der Waals surface area contributed by atoms with Crippen LogP contribution < -0.4 is 5.32 Å². The van der Waals surface area contributed by atoms with Gasteiger partial charge < -0.3 is 10.2 Å². The summed E-state index contributed by atoms with van der Waals surface area (Å²) in [6, 6.07) is 10.1. The lowest BCUT2D eigenvalue weighted by molar-refractivity contribution is 0.213. The average molecular weight is 206 g/mol. The number of hydrogen-bond donors (Lipinski definition) is 1. The molecular formula is C12H18N2O. The van der Waals surface area contributed by atoms with Crippen LogP contribution in [-0.4, -0.2) is 25.0 Å². The van der Waals surface area contributed by atoms with Crippen molar-refractivity contribution in [2.45, 2.75) is 19.4 Å². The van der Waals surface area contributed by atoms with Gasteiger partial charge in [-0.1, -0.05) is 37.3 Å². The summed E-state index contributed by atoms with van der Waals surface area (Å²) in [4.78, 5) is 13.0. The standard InChI is InChI=1S/C12H18N2O/c1-4-11(13-12(15)14(2)3)10-8-6-5-7-9-10/h5-9,11H,4H2,1-3H3,(H,13,15). The van der Waals surface area contributed by atoms with E-state index in [-0.39, 0.29) is 12.1 Å². The molecule has 1 atom stereocenters. The highest BCUT2D eigenvalue weighted by Gasteiger charge is 2.12. The van der Waals surface area contributed by atoms with Crippen molar-refractivity contribution in [3.63, 3.8) is 0 Å². The zero-order valence-electron chi connectivity index (χ0n) is 9.53. The van der Waals surface area contributed by atoms with Gasteiger partial charge in [-0.2, -0.15) is 0 Å². The van der Waals surface area contributed by atoms with Gasteiger partial charge in [-0.3, -0.25) is 0 Å². The number of nitrogens with zero attached hydrogens (tertiary/aromatic N) is 1. The Bertz CT molecular complexity index is 309. The Hall–Kier alpha value is -1.51. The molecule has 2 amide bonds. The van der Waals surface area contributed by atoms with Crippen molar-refractivity contribution < 1.29 is 4.79 Å². The minimum atomic E-state index is -0.0503. The van der Waals surface area contributed by atoms with Crippen LogP contribution in [0.5, 0.6) is 0 Å². The maximum Gasteiger partial charge on any atom is 0.317 e. The van der Waals surface area contributed by atoms with E-state index in [1.165, 1.54) is 0 Å². The van der Waals surface area contributed by atoms with Crippen LogP contribution in [-0.2, 0) is 0 Å². The molecule has 0 aliphatic rings. The Kier molecular flexibility index (Phi) is 4.16. The Morgan fingerprint density at radius 2 is 1.93 bits per heavy atom. The van der Waals surface area contributed by atoms with Gasteiger partial charge in [0.2, 0.25) is 0 Å². The van der Waals surface area contributed by atoms with E-state index in [0.717, 1.165) is 12.0 Å². The van der Waals surface area contributed by atoms with Crippen LogP contribution in [0.4, 0.5) is 4.79 Å². The molecule has 0 radical (unpaired) electrons. The molecule has 0 saturated heterocycles. The number of amides is 2. The molecule has 1 aromatic rings. The number of carbonyl (C=O) groups is 1. The second-order valence-corrected chi connectivity index (χ2v) is 3.72. The molecule has 0 spiro atoms. The van der Waals surface area contributed by atoms with E-state index in [4.69, 9.17) is 0 Å². The molecule has 0 aliphatic heterocycles. The number of nitrogens with one attached hydrogen (secondary N) is 1. The molecule has 0 aromatic heterocycles. The van der Waals surface area contributed by atoms with Gasteiger partial charge in [0.25, 0.3) is 0 Å². The van der Waals surface area contributed by atoms with Gasteiger partial charge in [-0.05, 0) is 12.0 Å². The third kappa shape index (κ3) is 3.27. The summed E-state index contributed by atoms with van der Waals surface area (Å²) in [6.45, 7) is 2.06. The lowest BCUT2D eigenvalue weighted by atomic mass is 10.1. The summed E-state index contributed by atoms with van der Waals surface area (Å²) in [5.74, 6) is 0. The second kappa shape index (κ2) is 5.39. The largest absolute Gasteiger partial charge is 0.331 e. The highest BCUT2D eigenvalue weighted by molar-refractivity contribution is 5.74. The molecule has 82 valence electrons. The van der Waals surface area contributed by atoms with Gasteiger partial charge in [0, 0.05) is 14.1 Å². The third-order valence-electron chi connectivity index (χ3n) is 2.31. The lowest BCUT2D eigenvalue weighted by Crippen LogP contribution is -2.36. The van der Waals surface area contributed by atoms with Gasteiger partial charge >= 0.3 is 6.03 Å². The molecule has 3 nitrogen and oxygen atoms in total. The van der Waals surface area contributed by atoms with E-state index in [1.807, 2.05) is 30.3 Å². The fraction of sp³-hybridized carbons (Fsp3) is 0.417. The maximum atomic E-state index is 11.5. The Morgan fingerprint density at radius 3 is 2.40 bits per heavy atom. The molecule has 0 bridgehead atoms. The van der Waals surface area contributed by atoms with Crippen molar-refractivity contribution in [2.24, 2.45) is 0 Å². The van der Waals surface area contributed by atoms with Crippen LogP contribution >= 0.6 is 0 Å². The smallest absolute Gasteiger partial charge is 0.317 e. The Labute approximate surface area is 91.1 Å². The number of hydrogen-bond acceptors (Lipinski definition) is 1. The molecule has 1 N–H and O–H groups in total. The molecule has 0 heterocycles. The minimum Gasteiger partial charge on any atom is -0.331 e. The average Bonchev–Trinajstić information content (AvgIpc) is 2.26. The van der Waals surface area contributed by atoms with Crippen LogP contribution in [0.15, 0.2) is 30.3 Å². The molecule has 3 heteroatoms. The third-order valence-corrected chi connectivity index (χ3v) is 2.31. The summed E-state index contributed by atoms with van der Waals surface area (Å²) in [6.07, 6.45) is 0.892. The monoisotopic (exact) mass is 206 g/mol. The fourth-order valence-corrected chi connectivity index (χ4v) is 1.38. The van der Waals surface area contributed by atoms with Gasteiger partial charge in [-0.25, -0.2) is 4.79 Å². The first-order valence-electron chi connectivity index (χ1n) is 5.18. The molecule has 1 aromatic carbocycles. The zero-order chi connectivity index (χ0) is 11.3. The molecule has 1 rings (SSSR count). The predicted molar refractivity (Wildman–Crippen MR) is 61.7 cm³/mol. The maximum absolute atomic E-state index is 11.5. The fourth-order valence-electron chi connectivity index (χ4n) is 1.38. The van der Waals surface area contributed by atoms with E-state index in [2.05, 4.69) is 12.2 Å². The lowest BCUT2D eigenvalue weighted by Gasteiger charge is -2.20. The summed E-state index contributed by atoms with van der Waals surface area (Å²) in [5.41, 5.74) is 1.15. The first kappa shape index (κ1) is 11.6. The zero-order valence-corrected chi connectivity index (χ0v) is 9.53. The van der Waals surface area contributed by atoms with Crippen molar-refractivity contribution >= 4 is 6.03 Å². The molecule has 0 aliphatic carbocycles. The van der Waals surface area contributed by atoms with Gasteiger partial charge in [0.1, 0.15) is 0 Å². The number of urea groups is 1. The first-order valence-corrected chi connectivity index (χ1v) is 5.18. The van der Waals surface area contributed by atoms with E-state index in [1.54, 1.807) is 19.0 Å². The van der Waals surface area contributed by atoms with Crippen molar-refractivity contribution in [3.05, 3.63) is 35.9 Å². The summed E-state index contributed by atoms with van der Waals surface area (Å²) in [7, 11) is 3.49. The number of benzene rings is 1. The van der Waals surface area contributed by atoms with Gasteiger partial charge in [-0.15, -0.1) is 0 Å². The van der Waals surface area contributed by atoms with E-state index >= 15 is 0 Å². The number of carbonyl (C=O) groups excluding carboxylic acids is 1. The second-order valence-electron chi connectivity index (χ2n) is 3.72. The van der Waals surface area contributed by atoms with Crippen LogP contribution in [0, 0.1) is 0 Å². The van der Waals surface area contributed by atoms with Crippen molar-refractivity contribution in [1.82, 2.24) is 10.2 Å². The van der Waals surface area contributed by atoms with E-state index in [0.29, 0.717) is 0 Å². The van der Waals surface area contributed by atoms with Crippen LogP contribution in [0.25, 0.3) is 0 Å². The van der Waals surface area contributed by atoms with Crippen LogP contribution in [0.1, 0.15) is 24.9 Å². The topological polar surface area (TPSA) is 32.3 Å². The highest BCUT2D eigenvalue weighted by atomic mass is 16.2. The van der Waals surface area contributed by atoms with Crippen LogP contribution in [0.2, 0.25) is 0 Å². The molecule has 0 fully saturated rings. The minimum absolute atomic E-state index is 0.0503. The SMILES string of the molecule is CCC(NC(=O)N(C)C)c1ccccc1. The Balaban J connectivity index is 2.69. The quantitative estimate of drug-likeness (QED) is 0.809. The van der Waals surface area contributed by atoms with Gasteiger partial charge in [0.15, 0.2) is 0 Å². The van der Waals surface area contributed by atoms with Crippen molar-refractivity contribution in [3.8, 4) is 0 Å². The van der Waals surface area contributed by atoms with Crippen molar-refractivity contribution in [2.75, 3.05) is 14.1 Å². The highest BCUT2D eigenvalue weighted by Crippen LogP contribution is 2.15. The molecule has 1 unspecified atom stereocenters. The molecular weight excluding hydrogens is 188 g/mol. The predicted octanol–water partition coefficient (Wildman–Crippen LogP) is 2.41. The van der Waals surface area contributed by atoms with Gasteiger partial charge in [0.05, 0.1) is 6.04 Å². The Morgan fingerprint density at radius 1 is 1.33 bits per heavy atom. The molecule has 0 saturated carbocycles. The summed E-state index contributed by atoms with van der Waals surface area (Å²) in [5, 5.41) is 2.97.